The van der Waals surface area contributed by atoms with E-state index in [4.69, 9.17) is 16.3 Å². The van der Waals surface area contributed by atoms with Gasteiger partial charge < -0.3 is 9.30 Å². The lowest BCUT2D eigenvalue weighted by Gasteiger charge is -2.10. The molecular formula is C14H15ClFIN2O2. The first-order chi connectivity index (χ1) is 9.93. The van der Waals surface area contributed by atoms with E-state index >= 15 is 0 Å². The number of aryl methyl sites for hydroxylation is 1. The molecule has 0 saturated carbocycles. The normalized spacial score (nSPS) is 12.6. The summed E-state index contributed by atoms with van der Waals surface area (Å²) >= 11 is 8.06. The van der Waals surface area contributed by atoms with E-state index in [1.54, 1.807) is 24.5 Å². The Balaban J connectivity index is 2.41. The summed E-state index contributed by atoms with van der Waals surface area (Å²) in [5.74, 6) is 0.0186. The van der Waals surface area contributed by atoms with E-state index in [1.807, 2.05) is 22.6 Å². The summed E-state index contributed by atoms with van der Waals surface area (Å²) in [4.78, 5) is 16.0. The van der Waals surface area contributed by atoms with Crippen molar-refractivity contribution < 1.29 is 13.9 Å². The molecule has 4 nitrogen and oxygen atoms in total. The van der Waals surface area contributed by atoms with E-state index in [-0.39, 0.29) is 23.6 Å². The second kappa shape index (κ2) is 6.91. The zero-order chi connectivity index (χ0) is 15.6. The third-order valence-electron chi connectivity index (χ3n) is 3.02. The molecule has 0 N–H and O–H groups in total. The Morgan fingerprint density at radius 1 is 1.57 bits per heavy atom. The van der Waals surface area contributed by atoms with Gasteiger partial charge >= 0.3 is 5.97 Å². The lowest BCUT2D eigenvalue weighted by molar-refractivity contribution is -0.143. The zero-order valence-electron chi connectivity index (χ0n) is 11.7. The molecule has 1 atom stereocenters. The Kier molecular flexibility index (Phi) is 5.43. The Bertz CT molecular complexity index is 673. The van der Waals surface area contributed by atoms with Gasteiger partial charge in [-0.3, -0.25) is 4.79 Å². The van der Waals surface area contributed by atoms with E-state index in [0.717, 1.165) is 0 Å². The molecule has 0 bridgehead atoms. The summed E-state index contributed by atoms with van der Waals surface area (Å²) in [6.07, 6.45) is 0.198. The average molecular weight is 425 g/mol. The topological polar surface area (TPSA) is 44.1 Å². The molecule has 114 valence electrons. The number of halogens is 3. The van der Waals surface area contributed by atoms with Crippen LogP contribution in [0.15, 0.2) is 12.1 Å². The lowest BCUT2D eigenvalue weighted by Crippen LogP contribution is -2.11. The highest BCUT2D eigenvalue weighted by atomic mass is 127. The molecule has 1 unspecified atom stereocenters. The predicted molar refractivity (Wildman–Crippen MR) is 87.9 cm³/mol. The number of carbonyl (C=O) groups is 1. The van der Waals surface area contributed by atoms with Gasteiger partial charge in [0.1, 0.15) is 11.6 Å². The second-order valence-corrected chi connectivity index (χ2v) is 6.36. The van der Waals surface area contributed by atoms with Gasteiger partial charge in [0.05, 0.1) is 33.0 Å². The van der Waals surface area contributed by atoms with Gasteiger partial charge in [-0.2, -0.15) is 0 Å². The number of hydrogen-bond acceptors (Lipinski definition) is 3. The molecule has 0 radical (unpaired) electrons. The number of imidazole rings is 1. The number of benzene rings is 1. The van der Waals surface area contributed by atoms with Crippen LogP contribution in [0.2, 0.25) is 0 Å². The van der Waals surface area contributed by atoms with Crippen molar-refractivity contribution in [1.82, 2.24) is 9.55 Å². The summed E-state index contributed by atoms with van der Waals surface area (Å²) in [6.45, 7) is 4.26. The highest BCUT2D eigenvalue weighted by Crippen LogP contribution is 2.27. The van der Waals surface area contributed by atoms with Gasteiger partial charge in [-0.25, -0.2) is 9.37 Å². The average Bonchev–Trinajstić information content (AvgIpc) is 2.75. The van der Waals surface area contributed by atoms with E-state index in [2.05, 4.69) is 4.98 Å². The van der Waals surface area contributed by atoms with Gasteiger partial charge in [0.25, 0.3) is 0 Å². The minimum absolute atomic E-state index is 0.198. The molecule has 0 amide bonds. The van der Waals surface area contributed by atoms with Gasteiger partial charge in [-0.1, -0.05) is 0 Å². The van der Waals surface area contributed by atoms with Crippen LogP contribution in [0.3, 0.4) is 0 Å². The van der Waals surface area contributed by atoms with Crippen LogP contribution in [-0.4, -0.2) is 22.1 Å². The molecule has 0 spiro atoms. The van der Waals surface area contributed by atoms with Gasteiger partial charge in [0, 0.05) is 12.6 Å². The molecule has 1 aromatic carbocycles. The first kappa shape index (κ1) is 16.5. The summed E-state index contributed by atoms with van der Waals surface area (Å²) in [6, 6.07) is 3.10. The van der Waals surface area contributed by atoms with Crippen LogP contribution in [0.1, 0.15) is 31.5 Å². The third-order valence-corrected chi connectivity index (χ3v) is 4.04. The van der Waals surface area contributed by atoms with Crippen molar-refractivity contribution in [3.63, 3.8) is 0 Å². The van der Waals surface area contributed by atoms with Crippen molar-refractivity contribution in [2.75, 3.05) is 6.61 Å². The SMILES string of the molecule is CCOC(=O)CCn1c(C(C)Cl)nc2cc(I)c(F)cc21. The first-order valence-corrected chi connectivity index (χ1v) is 8.10. The number of fused-ring (bicyclic) bond motifs is 1. The quantitative estimate of drug-likeness (QED) is 0.413. The van der Waals surface area contributed by atoms with E-state index in [9.17, 15) is 9.18 Å². The zero-order valence-corrected chi connectivity index (χ0v) is 14.6. The molecule has 2 aromatic rings. The fourth-order valence-corrected chi connectivity index (χ4v) is 2.73. The van der Waals surface area contributed by atoms with Crippen LogP contribution in [0.25, 0.3) is 11.0 Å². The monoisotopic (exact) mass is 424 g/mol. The van der Waals surface area contributed by atoms with E-state index in [0.29, 0.717) is 33.6 Å². The maximum absolute atomic E-state index is 13.8. The van der Waals surface area contributed by atoms with Crippen LogP contribution in [-0.2, 0) is 16.1 Å². The molecule has 21 heavy (non-hydrogen) atoms. The standard InChI is InChI=1S/C14H15ClFIN2O2/c1-3-21-13(20)4-5-19-12-6-9(16)10(17)7-11(12)18-14(19)8(2)15/h6-8H,3-5H2,1-2H3. The maximum atomic E-state index is 13.8. The number of carbonyl (C=O) groups excluding carboxylic acids is 1. The Morgan fingerprint density at radius 2 is 2.29 bits per heavy atom. The van der Waals surface area contributed by atoms with E-state index in [1.165, 1.54) is 6.07 Å². The van der Waals surface area contributed by atoms with Gasteiger partial charge in [0.15, 0.2) is 0 Å². The molecule has 0 saturated heterocycles. The number of alkyl halides is 1. The molecule has 1 heterocycles. The fraction of sp³-hybridized carbons (Fsp3) is 0.429. The Labute approximate surface area is 140 Å². The molecular weight excluding hydrogens is 410 g/mol. The van der Waals surface area contributed by atoms with Gasteiger partial charge in [-0.05, 0) is 42.5 Å². The van der Waals surface area contributed by atoms with Crippen molar-refractivity contribution in [3.05, 3.63) is 27.3 Å². The molecule has 0 fully saturated rings. The minimum atomic E-state index is -0.333. The van der Waals surface area contributed by atoms with Crippen LogP contribution in [0.5, 0.6) is 0 Å². The number of aromatic nitrogens is 2. The lowest BCUT2D eigenvalue weighted by atomic mass is 10.3. The number of esters is 1. The number of hydrogen-bond donors (Lipinski definition) is 0. The minimum Gasteiger partial charge on any atom is -0.466 e. The number of ether oxygens (including phenoxy) is 1. The summed E-state index contributed by atoms with van der Waals surface area (Å²) in [5.41, 5.74) is 1.31. The largest absolute Gasteiger partial charge is 0.466 e. The molecule has 0 aliphatic heterocycles. The van der Waals surface area contributed by atoms with Gasteiger partial charge in [-0.15, -0.1) is 11.6 Å². The van der Waals surface area contributed by atoms with Crippen molar-refractivity contribution in [2.45, 2.75) is 32.2 Å². The first-order valence-electron chi connectivity index (χ1n) is 6.59. The molecule has 7 heteroatoms. The molecule has 0 aliphatic carbocycles. The molecule has 2 rings (SSSR count). The van der Waals surface area contributed by atoms with E-state index < -0.39 is 0 Å². The number of nitrogens with zero attached hydrogens (tertiary/aromatic N) is 2. The summed E-state index contributed by atoms with van der Waals surface area (Å²) < 4.78 is 21.0. The van der Waals surface area contributed by atoms with Crippen LogP contribution in [0.4, 0.5) is 4.39 Å². The smallest absolute Gasteiger partial charge is 0.307 e. The highest BCUT2D eigenvalue weighted by Gasteiger charge is 2.17. The predicted octanol–water partition coefficient (Wildman–Crippen LogP) is 4.03. The second-order valence-electron chi connectivity index (χ2n) is 4.55. The van der Waals surface area contributed by atoms with Gasteiger partial charge in [0.2, 0.25) is 0 Å². The van der Waals surface area contributed by atoms with Crippen LogP contribution >= 0.6 is 34.2 Å². The van der Waals surface area contributed by atoms with Crippen molar-refractivity contribution in [3.8, 4) is 0 Å². The summed E-state index contributed by atoms with van der Waals surface area (Å²) in [7, 11) is 0. The number of rotatable bonds is 5. The molecule has 1 aromatic heterocycles. The third kappa shape index (κ3) is 3.66. The van der Waals surface area contributed by atoms with Crippen molar-refractivity contribution in [1.29, 1.82) is 0 Å². The molecule has 0 aliphatic rings. The van der Waals surface area contributed by atoms with Crippen LogP contribution in [0, 0.1) is 9.39 Å². The van der Waals surface area contributed by atoms with Crippen LogP contribution < -0.4 is 0 Å². The van der Waals surface area contributed by atoms with Crippen molar-refractivity contribution >= 4 is 51.2 Å². The maximum Gasteiger partial charge on any atom is 0.307 e. The Morgan fingerprint density at radius 3 is 2.90 bits per heavy atom. The fourth-order valence-electron chi connectivity index (χ4n) is 2.11. The van der Waals surface area contributed by atoms with Crippen molar-refractivity contribution in [2.24, 2.45) is 0 Å². The highest BCUT2D eigenvalue weighted by molar-refractivity contribution is 14.1. The Hall–Kier alpha value is -0.890. The summed E-state index contributed by atoms with van der Waals surface area (Å²) in [5, 5.41) is -0.333.